The fraction of sp³-hybridized carbons (Fsp3) is 0.529. The molecule has 2 aromatic rings. The van der Waals surface area contributed by atoms with Crippen LogP contribution in [0, 0.1) is 12.3 Å². The molecule has 29 heavy (non-hydrogen) atoms. The summed E-state index contributed by atoms with van der Waals surface area (Å²) >= 11 is 5.97. The molecule has 12 heteroatoms. The maximum Gasteiger partial charge on any atom is 0.413 e. The summed E-state index contributed by atoms with van der Waals surface area (Å²) in [5, 5.41) is 33.6. The minimum atomic E-state index is -2.29. The molecule has 3 atom stereocenters. The molecule has 0 spiro atoms. The number of anilines is 1. The summed E-state index contributed by atoms with van der Waals surface area (Å²) in [5.41, 5.74) is -5.23. The van der Waals surface area contributed by atoms with Crippen LogP contribution >= 0.6 is 11.6 Å². The van der Waals surface area contributed by atoms with Crippen LogP contribution in [0.5, 0.6) is 0 Å². The van der Waals surface area contributed by atoms with Crippen LogP contribution < -0.4 is 5.32 Å². The normalized spacial score (nSPS) is 27.0. The lowest BCUT2D eigenvalue weighted by atomic mass is 9.88. The van der Waals surface area contributed by atoms with Gasteiger partial charge in [-0.15, -0.1) is 6.42 Å². The summed E-state index contributed by atoms with van der Waals surface area (Å²) in [6.45, 7) is 3.99. The van der Waals surface area contributed by atoms with Crippen LogP contribution in [0.3, 0.4) is 0 Å². The number of aromatic nitrogens is 4. The summed E-state index contributed by atoms with van der Waals surface area (Å²) < 4.78 is 11.5. The highest BCUT2D eigenvalue weighted by atomic mass is 35.5. The van der Waals surface area contributed by atoms with Crippen LogP contribution in [0.25, 0.3) is 11.2 Å². The molecule has 0 aliphatic carbocycles. The van der Waals surface area contributed by atoms with Gasteiger partial charge in [0, 0.05) is 0 Å². The number of aliphatic hydroxyl groups is 3. The zero-order chi connectivity index (χ0) is 21.6. The van der Waals surface area contributed by atoms with Crippen LogP contribution in [0.4, 0.5) is 10.6 Å². The van der Waals surface area contributed by atoms with E-state index in [-0.39, 0.29) is 22.3 Å². The van der Waals surface area contributed by atoms with Crippen molar-refractivity contribution in [1.29, 1.82) is 0 Å². The first kappa shape index (κ1) is 21.2. The molecule has 0 saturated carbocycles. The van der Waals surface area contributed by atoms with Crippen LogP contribution in [0.1, 0.15) is 20.8 Å². The van der Waals surface area contributed by atoms with E-state index in [1.165, 1.54) is 0 Å². The van der Waals surface area contributed by atoms with Gasteiger partial charge in [-0.2, -0.15) is 9.97 Å². The number of imidazole rings is 1. The van der Waals surface area contributed by atoms with E-state index in [0.717, 1.165) is 10.9 Å². The maximum absolute atomic E-state index is 12.1. The first-order chi connectivity index (χ1) is 13.4. The highest BCUT2D eigenvalue weighted by Crippen LogP contribution is 2.40. The van der Waals surface area contributed by atoms with E-state index >= 15 is 0 Å². The Morgan fingerprint density at radius 2 is 2.21 bits per heavy atom. The van der Waals surface area contributed by atoms with Crippen LogP contribution in [0.15, 0.2) is 6.33 Å². The third-order valence-corrected chi connectivity index (χ3v) is 4.50. The van der Waals surface area contributed by atoms with Crippen molar-refractivity contribution in [2.75, 3.05) is 18.5 Å². The third-order valence-electron chi connectivity index (χ3n) is 4.33. The van der Waals surface area contributed by atoms with E-state index in [4.69, 9.17) is 27.5 Å². The van der Waals surface area contributed by atoms with Gasteiger partial charge in [0.2, 0.25) is 16.6 Å². The average Bonchev–Trinajstić information content (AvgIpc) is 3.14. The lowest BCUT2D eigenvalue weighted by Crippen LogP contribution is -2.57. The molecular formula is C17H20ClN5O6. The highest BCUT2D eigenvalue weighted by molar-refractivity contribution is 6.28. The molecule has 156 valence electrons. The number of hydrogen-bond acceptors (Lipinski definition) is 9. The number of ether oxygens (including phenoxy) is 2. The molecule has 1 amide bonds. The van der Waals surface area contributed by atoms with Crippen LogP contribution in [-0.2, 0) is 15.2 Å². The SMILES string of the molecule is C#C[C@@]1(O)[C@@H](CO)OC[C@]1(O)n1cnc2c(NC(=O)OC(C)(C)C)nc(Cl)nc21. The third kappa shape index (κ3) is 3.50. The number of fused-ring (bicyclic) bond motifs is 1. The van der Waals surface area contributed by atoms with Crippen LogP contribution in [0.2, 0.25) is 5.28 Å². The molecule has 11 nitrogen and oxygen atoms in total. The standard InChI is InChI=1S/C17H20ClN5O6/c1-5-16(26)9(6-24)28-7-17(16,27)23-8-19-10-11(20-13(18)22-12(10)23)21-14(25)29-15(2,3)4/h1,8-9,24,26-27H,6-7H2,2-4H3,(H,20,21,22,25)/t9-,16-,17-/m1/s1. The zero-order valence-corrected chi connectivity index (χ0v) is 16.6. The molecular weight excluding hydrogens is 406 g/mol. The maximum atomic E-state index is 12.1. The van der Waals surface area contributed by atoms with Crippen molar-refractivity contribution in [2.45, 2.75) is 43.8 Å². The van der Waals surface area contributed by atoms with E-state index in [0.29, 0.717) is 0 Å². The van der Waals surface area contributed by atoms with Gasteiger partial charge in [0.05, 0.1) is 19.5 Å². The quantitative estimate of drug-likeness (QED) is 0.399. The number of hydrogen-bond donors (Lipinski definition) is 4. The highest BCUT2D eigenvalue weighted by Gasteiger charge is 2.62. The number of aliphatic hydroxyl groups excluding tert-OH is 1. The summed E-state index contributed by atoms with van der Waals surface area (Å²) in [6.07, 6.45) is 4.52. The smallest absolute Gasteiger partial charge is 0.413 e. The van der Waals surface area contributed by atoms with Crippen LogP contribution in [-0.4, -0.2) is 71.5 Å². The van der Waals surface area contributed by atoms with E-state index in [1.54, 1.807) is 20.8 Å². The van der Waals surface area contributed by atoms with Gasteiger partial charge in [0.1, 0.15) is 11.7 Å². The second-order valence-electron chi connectivity index (χ2n) is 7.46. The van der Waals surface area contributed by atoms with Gasteiger partial charge in [0.25, 0.3) is 0 Å². The predicted octanol–water partition coefficient (Wildman–Crippen LogP) is 0.227. The largest absolute Gasteiger partial charge is 0.444 e. The topological polar surface area (TPSA) is 152 Å². The van der Waals surface area contributed by atoms with Gasteiger partial charge in [-0.3, -0.25) is 9.88 Å². The molecule has 2 aromatic heterocycles. The second-order valence-corrected chi connectivity index (χ2v) is 7.80. The Morgan fingerprint density at radius 1 is 1.52 bits per heavy atom. The summed E-state index contributed by atoms with van der Waals surface area (Å²) in [6, 6.07) is 0. The van der Waals surface area contributed by atoms with Crippen molar-refractivity contribution in [2.24, 2.45) is 0 Å². The number of nitrogens with one attached hydrogen (secondary N) is 1. The Bertz CT molecular complexity index is 999. The van der Waals surface area contributed by atoms with Gasteiger partial charge < -0.3 is 24.8 Å². The van der Waals surface area contributed by atoms with Crippen molar-refractivity contribution in [1.82, 2.24) is 19.5 Å². The number of nitrogens with zero attached hydrogens (tertiary/aromatic N) is 4. The molecule has 0 radical (unpaired) electrons. The van der Waals surface area contributed by atoms with Crippen molar-refractivity contribution < 1.29 is 29.6 Å². The number of terminal acetylenes is 1. The van der Waals surface area contributed by atoms with Crippen molar-refractivity contribution >= 4 is 34.7 Å². The summed E-state index contributed by atoms with van der Waals surface area (Å²) in [4.78, 5) is 24.2. The molecule has 1 saturated heterocycles. The zero-order valence-electron chi connectivity index (χ0n) is 15.9. The summed E-state index contributed by atoms with van der Waals surface area (Å²) in [7, 11) is 0. The van der Waals surface area contributed by atoms with E-state index in [2.05, 4.69) is 26.2 Å². The first-order valence-electron chi connectivity index (χ1n) is 8.51. The van der Waals surface area contributed by atoms with Gasteiger partial charge in [-0.25, -0.2) is 9.78 Å². The number of halogens is 1. The molecule has 4 N–H and O–H groups in total. The van der Waals surface area contributed by atoms with Gasteiger partial charge >= 0.3 is 6.09 Å². The lowest BCUT2D eigenvalue weighted by Gasteiger charge is -2.35. The molecule has 3 heterocycles. The van der Waals surface area contributed by atoms with E-state index in [1.807, 2.05) is 0 Å². The molecule has 3 rings (SSSR count). The predicted molar refractivity (Wildman–Crippen MR) is 101 cm³/mol. The van der Waals surface area contributed by atoms with E-state index in [9.17, 15) is 20.1 Å². The summed E-state index contributed by atoms with van der Waals surface area (Å²) in [5.74, 6) is 2.01. The first-order valence-corrected chi connectivity index (χ1v) is 8.89. The monoisotopic (exact) mass is 425 g/mol. The molecule has 0 aromatic carbocycles. The number of rotatable bonds is 3. The minimum absolute atomic E-state index is 0.0329. The Balaban J connectivity index is 2.08. The van der Waals surface area contributed by atoms with Crippen molar-refractivity contribution in [3.8, 4) is 12.3 Å². The number of carbonyl (C=O) groups excluding carboxylic acids is 1. The number of amides is 1. The fourth-order valence-corrected chi connectivity index (χ4v) is 3.15. The second kappa shape index (κ2) is 7.08. The van der Waals surface area contributed by atoms with Crippen molar-refractivity contribution in [3.63, 3.8) is 0 Å². The molecule has 0 bridgehead atoms. The Hall–Kier alpha value is -2.49. The molecule has 1 aliphatic rings. The van der Waals surface area contributed by atoms with Crippen molar-refractivity contribution in [3.05, 3.63) is 11.6 Å². The molecule has 0 unspecified atom stereocenters. The minimum Gasteiger partial charge on any atom is -0.444 e. The Kier molecular flexibility index (Phi) is 5.18. The Morgan fingerprint density at radius 3 is 2.79 bits per heavy atom. The fourth-order valence-electron chi connectivity index (χ4n) is 2.98. The van der Waals surface area contributed by atoms with Gasteiger partial charge in [0.15, 0.2) is 17.0 Å². The Labute approximate surface area is 170 Å². The number of carbonyl (C=O) groups is 1. The molecule has 1 aliphatic heterocycles. The average molecular weight is 426 g/mol. The van der Waals surface area contributed by atoms with Gasteiger partial charge in [-0.05, 0) is 32.4 Å². The lowest BCUT2D eigenvalue weighted by molar-refractivity contribution is -0.149. The van der Waals surface area contributed by atoms with E-state index < -0.39 is 42.3 Å². The molecule has 1 fully saturated rings. The van der Waals surface area contributed by atoms with Gasteiger partial charge in [-0.1, -0.05) is 5.92 Å².